The summed E-state index contributed by atoms with van der Waals surface area (Å²) in [6.07, 6.45) is 3.12. The summed E-state index contributed by atoms with van der Waals surface area (Å²) >= 11 is 1.86. The molecule has 0 amide bonds. The third kappa shape index (κ3) is 3.99. The van der Waals surface area contributed by atoms with Gasteiger partial charge in [0.1, 0.15) is 0 Å². The highest BCUT2D eigenvalue weighted by Crippen LogP contribution is 2.23. The number of hydrogen-bond acceptors (Lipinski definition) is 5. The minimum atomic E-state index is 0.419. The zero-order chi connectivity index (χ0) is 13.8. The van der Waals surface area contributed by atoms with E-state index in [4.69, 9.17) is 0 Å². The molecule has 2 atom stereocenters. The first-order valence-electron chi connectivity index (χ1n) is 7.17. The Balaban J connectivity index is 1.95. The Bertz CT molecular complexity index is 393. The Labute approximate surface area is 120 Å². The topological polar surface area (TPSA) is 31.4 Å². The Morgan fingerprint density at radius 1 is 1.47 bits per heavy atom. The number of aromatic nitrogens is 1. The molecule has 1 fully saturated rings. The highest BCUT2D eigenvalue weighted by Gasteiger charge is 2.23. The molecule has 0 aromatic carbocycles. The van der Waals surface area contributed by atoms with Gasteiger partial charge < -0.3 is 15.1 Å². The van der Waals surface area contributed by atoms with Gasteiger partial charge >= 0.3 is 0 Å². The molecule has 2 heterocycles. The van der Waals surface area contributed by atoms with Crippen molar-refractivity contribution in [1.82, 2.24) is 20.1 Å². The summed E-state index contributed by atoms with van der Waals surface area (Å²) in [6, 6.07) is 1.02. The molecule has 1 aromatic rings. The summed E-state index contributed by atoms with van der Waals surface area (Å²) in [4.78, 5) is 10.8. The van der Waals surface area contributed by atoms with Crippen molar-refractivity contribution in [1.29, 1.82) is 0 Å². The molecule has 0 spiro atoms. The van der Waals surface area contributed by atoms with Crippen LogP contribution in [0.5, 0.6) is 0 Å². The normalized spacial score (nSPS) is 23.7. The summed E-state index contributed by atoms with van der Waals surface area (Å²) in [5.41, 5.74) is 0. The molecule has 5 heteroatoms. The Kier molecular flexibility index (Phi) is 5.33. The molecule has 1 N–H and O–H groups in total. The van der Waals surface area contributed by atoms with Crippen LogP contribution in [0.15, 0.2) is 6.20 Å². The lowest BCUT2D eigenvalue weighted by molar-refractivity contribution is 0.114. The van der Waals surface area contributed by atoms with Gasteiger partial charge in [0.15, 0.2) is 0 Å². The van der Waals surface area contributed by atoms with E-state index in [1.807, 2.05) is 17.5 Å². The molecule has 1 aliphatic rings. The minimum Gasteiger partial charge on any atom is -0.310 e. The Hall–Kier alpha value is -0.490. The van der Waals surface area contributed by atoms with Crippen LogP contribution in [0.4, 0.5) is 0 Å². The molecule has 0 bridgehead atoms. The number of nitrogens with one attached hydrogen (secondary N) is 1. The number of likely N-dealkylation sites (N-methyl/N-ethyl adjacent to an activating group) is 2. The van der Waals surface area contributed by atoms with Crippen LogP contribution in [0.1, 0.15) is 29.8 Å². The lowest BCUT2D eigenvalue weighted by Gasteiger charge is -2.37. The first-order chi connectivity index (χ1) is 9.10. The maximum absolute atomic E-state index is 4.61. The first-order valence-corrected chi connectivity index (χ1v) is 7.98. The lowest BCUT2D eigenvalue weighted by atomic mass is 10.1. The molecule has 19 heavy (non-hydrogen) atoms. The molecule has 4 nitrogen and oxygen atoms in total. The number of hydrogen-bond donors (Lipinski definition) is 1. The van der Waals surface area contributed by atoms with Crippen LogP contribution in [0, 0.1) is 0 Å². The molecule has 2 unspecified atom stereocenters. The quantitative estimate of drug-likeness (QED) is 0.889. The second-order valence-electron chi connectivity index (χ2n) is 5.54. The number of thiazole rings is 1. The largest absolute Gasteiger partial charge is 0.310 e. The van der Waals surface area contributed by atoms with E-state index in [9.17, 15) is 0 Å². The van der Waals surface area contributed by atoms with Crippen molar-refractivity contribution in [3.05, 3.63) is 16.1 Å². The van der Waals surface area contributed by atoms with Crippen molar-refractivity contribution in [2.24, 2.45) is 0 Å². The average molecular weight is 282 g/mol. The third-order valence-corrected chi connectivity index (χ3v) is 5.10. The Morgan fingerprint density at radius 2 is 2.26 bits per heavy atom. The van der Waals surface area contributed by atoms with Gasteiger partial charge in [-0.05, 0) is 27.6 Å². The molecule has 0 aliphatic carbocycles. The van der Waals surface area contributed by atoms with Crippen molar-refractivity contribution in [2.45, 2.75) is 32.4 Å². The van der Waals surface area contributed by atoms with Gasteiger partial charge in [0.05, 0.1) is 5.01 Å². The van der Waals surface area contributed by atoms with Crippen LogP contribution in [-0.2, 0) is 6.42 Å². The molecule has 1 aliphatic heterocycles. The predicted molar refractivity (Wildman–Crippen MR) is 81.8 cm³/mol. The number of rotatable bonds is 5. The summed E-state index contributed by atoms with van der Waals surface area (Å²) in [5.74, 6) is 0. The van der Waals surface area contributed by atoms with Crippen LogP contribution in [-0.4, -0.2) is 61.1 Å². The molecule has 1 saturated heterocycles. The lowest BCUT2D eigenvalue weighted by Crippen LogP contribution is -2.50. The van der Waals surface area contributed by atoms with Crippen molar-refractivity contribution < 1.29 is 0 Å². The van der Waals surface area contributed by atoms with Crippen LogP contribution < -0.4 is 5.32 Å². The summed E-state index contributed by atoms with van der Waals surface area (Å²) in [5, 5.41) is 4.72. The van der Waals surface area contributed by atoms with E-state index in [-0.39, 0.29) is 0 Å². The van der Waals surface area contributed by atoms with Crippen molar-refractivity contribution in [2.75, 3.05) is 40.3 Å². The van der Waals surface area contributed by atoms with E-state index in [0.29, 0.717) is 12.1 Å². The van der Waals surface area contributed by atoms with Crippen LogP contribution in [0.25, 0.3) is 0 Å². The van der Waals surface area contributed by atoms with Gasteiger partial charge in [-0.2, -0.15) is 0 Å². The van der Waals surface area contributed by atoms with Crippen molar-refractivity contribution in [3.63, 3.8) is 0 Å². The molecule has 0 radical (unpaired) electrons. The molecule has 1 aromatic heterocycles. The molecule has 2 rings (SSSR count). The van der Waals surface area contributed by atoms with Crippen LogP contribution >= 0.6 is 11.3 Å². The fourth-order valence-electron chi connectivity index (χ4n) is 2.55. The second-order valence-corrected chi connectivity index (χ2v) is 6.68. The smallest absolute Gasteiger partial charge is 0.0944 e. The van der Waals surface area contributed by atoms with Crippen LogP contribution in [0.2, 0.25) is 0 Å². The monoisotopic (exact) mass is 282 g/mol. The van der Waals surface area contributed by atoms with Crippen molar-refractivity contribution in [3.8, 4) is 0 Å². The van der Waals surface area contributed by atoms with E-state index in [1.165, 1.54) is 16.4 Å². The van der Waals surface area contributed by atoms with Gasteiger partial charge in [-0.1, -0.05) is 6.92 Å². The molecular weight excluding hydrogens is 256 g/mol. The maximum Gasteiger partial charge on any atom is 0.0944 e. The highest BCUT2D eigenvalue weighted by molar-refractivity contribution is 7.11. The van der Waals surface area contributed by atoms with E-state index < -0.39 is 0 Å². The van der Waals surface area contributed by atoms with E-state index in [1.54, 1.807) is 0 Å². The van der Waals surface area contributed by atoms with E-state index >= 15 is 0 Å². The first kappa shape index (κ1) is 14.9. The minimum absolute atomic E-state index is 0.419. The Morgan fingerprint density at radius 3 is 3.00 bits per heavy atom. The molecule has 0 saturated carbocycles. The highest BCUT2D eigenvalue weighted by atomic mass is 32.1. The predicted octanol–water partition coefficient (Wildman–Crippen LogP) is 1.60. The van der Waals surface area contributed by atoms with Gasteiger partial charge in [-0.25, -0.2) is 4.98 Å². The molecular formula is C14H26N4S. The van der Waals surface area contributed by atoms with E-state index in [0.717, 1.165) is 26.1 Å². The summed E-state index contributed by atoms with van der Waals surface area (Å²) in [7, 11) is 4.44. The van der Waals surface area contributed by atoms with Gasteiger partial charge in [-0.3, -0.25) is 0 Å². The summed E-state index contributed by atoms with van der Waals surface area (Å²) < 4.78 is 0. The van der Waals surface area contributed by atoms with Gasteiger partial charge in [0, 0.05) is 49.2 Å². The van der Waals surface area contributed by atoms with Gasteiger partial charge in [-0.15, -0.1) is 11.3 Å². The van der Waals surface area contributed by atoms with E-state index in [2.05, 4.69) is 48.0 Å². The third-order valence-electron chi connectivity index (χ3n) is 3.90. The van der Waals surface area contributed by atoms with Gasteiger partial charge in [0.2, 0.25) is 0 Å². The zero-order valence-electron chi connectivity index (χ0n) is 12.5. The fourth-order valence-corrected chi connectivity index (χ4v) is 3.57. The van der Waals surface area contributed by atoms with Crippen LogP contribution in [0.3, 0.4) is 0 Å². The number of nitrogens with zero attached hydrogens (tertiary/aromatic N) is 3. The maximum atomic E-state index is 4.61. The fraction of sp³-hybridized carbons (Fsp3) is 0.786. The zero-order valence-corrected chi connectivity index (χ0v) is 13.3. The second kappa shape index (κ2) is 6.79. The standard InChI is InChI=1S/C14H26N4S/c1-5-15-11(2)13-9-16-14(19-13)8-12-10-17(3)6-7-18(12)4/h9,11-12,15H,5-8,10H2,1-4H3. The van der Waals surface area contributed by atoms with Gasteiger partial charge in [0.25, 0.3) is 0 Å². The average Bonchev–Trinajstić information content (AvgIpc) is 2.83. The number of piperazine rings is 1. The molecule has 108 valence electrons. The summed E-state index contributed by atoms with van der Waals surface area (Å²) in [6.45, 7) is 8.84. The van der Waals surface area contributed by atoms with Crippen molar-refractivity contribution >= 4 is 11.3 Å². The SMILES string of the molecule is CCNC(C)c1cnc(CC2CN(C)CCN2C)s1.